The third-order valence-corrected chi connectivity index (χ3v) is 4.62. The molecular weight excluding hydrogens is 377 g/mol. The van der Waals surface area contributed by atoms with Gasteiger partial charge in [-0.3, -0.25) is 4.79 Å². The number of piperidine rings is 1. The van der Waals surface area contributed by atoms with E-state index in [2.05, 4.69) is 9.97 Å². The van der Waals surface area contributed by atoms with E-state index in [9.17, 15) is 23.1 Å². The van der Waals surface area contributed by atoms with Crippen molar-refractivity contribution in [3.8, 4) is 11.6 Å². The van der Waals surface area contributed by atoms with Crippen molar-refractivity contribution in [2.75, 3.05) is 13.1 Å². The van der Waals surface area contributed by atoms with Gasteiger partial charge in [-0.15, -0.1) is 0 Å². The fraction of sp³-hybridized carbons (Fsp3) is 0.389. The van der Waals surface area contributed by atoms with E-state index in [1.165, 1.54) is 17.3 Å². The number of hydrogen-bond donors (Lipinski definition) is 2. The van der Waals surface area contributed by atoms with Crippen LogP contribution in [0, 0.1) is 0 Å². The summed E-state index contributed by atoms with van der Waals surface area (Å²) in [6.07, 6.45) is -4.51. The van der Waals surface area contributed by atoms with E-state index in [4.69, 9.17) is 10.5 Å². The van der Waals surface area contributed by atoms with E-state index in [1.807, 2.05) is 0 Å². The molecule has 150 valence electrons. The minimum absolute atomic E-state index is 0.189. The number of carbonyl (C=O) groups excluding carboxylic acids is 1. The van der Waals surface area contributed by atoms with Gasteiger partial charge in [-0.1, -0.05) is 6.07 Å². The second-order valence-corrected chi connectivity index (χ2v) is 6.50. The van der Waals surface area contributed by atoms with Crippen LogP contribution in [0.5, 0.6) is 11.6 Å². The maximum absolute atomic E-state index is 12.9. The van der Waals surface area contributed by atoms with Crippen LogP contribution in [0.3, 0.4) is 0 Å². The van der Waals surface area contributed by atoms with Gasteiger partial charge in [0.05, 0.1) is 5.69 Å². The molecule has 1 aliphatic rings. The van der Waals surface area contributed by atoms with Crippen LogP contribution >= 0.6 is 0 Å². The zero-order valence-electron chi connectivity index (χ0n) is 14.8. The van der Waals surface area contributed by atoms with Gasteiger partial charge in [0.15, 0.2) is 5.60 Å². The molecule has 0 atom stereocenters. The molecule has 1 aromatic carbocycles. The number of amides is 1. The number of nitrogens with two attached hydrogens (primary N) is 1. The van der Waals surface area contributed by atoms with Crippen LogP contribution in [-0.2, 0) is 6.54 Å². The summed E-state index contributed by atoms with van der Waals surface area (Å²) in [4.78, 5) is 21.8. The summed E-state index contributed by atoms with van der Waals surface area (Å²) in [6.45, 7) is -0.159. The zero-order chi connectivity index (χ0) is 20.4. The summed E-state index contributed by atoms with van der Waals surface area (Å²) >= 11 is 0. The Balaban J connectivity index is 1.69. The molecular formula is C18H19F3N4O3. The Morgan fingerprint density at radius 2 is 1.96 bits per heavy atom. The van der Waals surface area contributed by atoms with Crippen molar-refractivity contribution in [2.24, 2.45) is 5.73 Å². The summed E-state index contributed by atoms with van der Waals surface area (Å²) in [5.41, 5.74) is 3.63. The number of hydrogen-bond acceptors (Lipinski definition) is 6. The Bertz CT molecular complexity index is 852. The van der Waals surface area contributed by atoms with Crippen LogP contribution in [-0.4, -0.2) is 50.7 Å². The van der Waals surface area contributed by atoms with Gasteiger partial charge < -0.3 is 20.5 Å². The molecule has 1 amide bonds. The van der Waals surface area contributed by atoms with Gasteiger partial charge in [-0.2, -0.15) is 13.2 Å². The first-order valence-electron chi connectivity index (χ1n) is 8.59. The van der Waals surface area contributed by atoms with Gasteiger partial charge in [0.2, 0.25) is 5.88 Å². The highest BCUT2D eigenvalue weighted by molar-refractivity contribution is 5.94. The fourth-order valence-electron chi connectivity index (χ4n) is 2.90. The molecule has 2 heterocycles. The molecule has 3 N–H and O–H groups in total. The van der Waals surface area contributed by atoms with Crippen LogP contribution in [0.1, 0.15) is 28.9 Å². The van der Waals surface area contributed by atoms with E-state index >= 15 is 0 Å². The van der Waals surface area contributed by atoms with Crippen LogP contribution in [0.2, 0.25) is 0 Å². The number of benzene rings is 1. The van der Waals surface area contributed by atoms with Crippen molar-refractivity contribution in [3.05, 3.63) is 47.9 Å². The summed E-state index contributed by atoms with van der Waals surface area (Å²) in [5.74, 6) is 0.171. The third-order valence-electron chi connectivity index (χ3n) is 4.62. The summed E-state index contributed by atoms with van der Waals surface area (Å²) < 4.78 is 44.3. The van der Waals surface area contributed by atoms with E-state index in [1.54, 1.807) is 24.3 Å². The number of halogens is 3. The summed E-state index contributed by atoms with van der Waals surface area (Å²) in [5, 5.41) is 9.72. The Kier molecular flexibility index (Phi) is 5.52. The number of likely N-dealkylation sites (tertiary alicyclic amines) is 1. The van der Waals surface area contributed by atoms with Crippen molar-refractivity contribution in [1.29, 1.82) is 0 Å². The number of nitrogens with zero attached hydrogens (tertiary/aromatic N) is 3. The number of rotatable bonds is 4. The number of alkyl halides is 3. The van der Waals surface area contributed by atoms with Gasteiger partial charge in [0.1, 0.15) is 12.1 Å². The lowest BCUT2D eigenvalue weighted by Crippen LogP contribution is -2.54. The molecule has 1 fully saturated rings. The molecule has 1 saturated heterocycles. The zero-order valence-corrected chi connectivity index (χ0v) is 14.8. The normalized spacial score (nSPS) is 16.7. The fourth-order valence-corrected chi connectivity index (χ4v) is 2.90. The first-order chi connectivity index (χ1) is 13.2. The summed E-state index contributed by atoms with van der Waals surface area (Å²) in [6, 6.07) is 7.82. The first kappa shape index (κ1) is 20.0. The van der Waals surface area contributed by atoms with Gasteiger partial charge in [-0.05, 0) is 18.2 Å². The van der Waals surface area contributed by atoms with E-state index in [0.717, 1.165) is 0 Å². The molecule has 7 nitrogen and oxygen atoms in total. The van der Waals surface area contributed by atoms with Crippen molar-refractivity contribution in [2.45, 2.75) is 31.2 Å². The standard InChI is InChI=1S/C18H19F3N4O3/c19-18(20,21)17(27)4-6-25(7-5-17)16(26)12-2-1-3-14(8-12)28-15-9-13(10-22)23-11-24-15/h1-3,8-9,11,27H,4-7,10,22H2. The molecule has 0 radical (unpaired) electrons. The number of ether oxygens (including phenoxy) is 1. The van der Waals surface area contributed by atoms with Crippen LogP contribution < -0.4 is 10.5 Å². The Morgan fingerprint density at radius 3 is 2.61 bits per heavy atom. The lowest BCUT2D eigenvalue weighted by molar-refractivity contribution is -0.271. The van der Waals surface area contributed by atoms with Crippen LogP contribution in [0.25, 0.3) is 0 Å². The number of aliphatic hydroxyl groups is 1. The van der Waals surface area contributed by atoms with E-state index in [0.29, 0.717) is 11.4 Å². The SMILES string of the molecule is NCc1cc(Oc2cccc(C(=O)N3CCC(O)(C(F)(F)F)CC3)c2)ncn1. The Morgan fingerprint density at radius 1 is 1.25 bits per heavy atom. The Labute approximate surface area is 159 Å². The van der Waals surface area contributed by atoms with Crippen molar-refractivity contribution < 1.29 is 27.8 Å². The van der Waals surface area contributed by atoms with Crippen molar-refractivity contribution in [3.63, 3.8) is 0 Å². The number of carbonyl (C=O) groups is 1. The third kappa shape index (κ3) is 4.23. The van der Waals surface area contributed by atoms with Crippen molar-refractivity contribution in [1.82, 2.24) is 14.9 Å². The molecule has 0 saturated carbocycles. The van der Waals surface area contributed by atoms with Gasteiger partial charge >= 0.3 is 6.18 Å². The predicted octanol–water partition coefficient (Wildman–Crippen LogP) is 2.26. The Hall–Kier alpha value is -2.72. The molecule has 1 aliphatic heterocycles. The molecule has 2 aromatic rings. The minimum Gasteiger partial charge on any atom is -0.439 e. The van der Waals surface area contributed by atoms with Crippen molar-refractivity contribution >= 4 is 5.91 Å². The van der Waals surface area contributed by atoms with Gasteiger partial charge in [0, 0.05) is 44.1 Å². The monoisotopic (exact) mass is 396 g/mol. The summed E-state index contributed by atoms with van der Waals surface area (Å²) in [7, 11) is 0. The molecule has 28 heavy (non-hydrogen) atoms. The number of aromatic nitrogens is 2. The minimum atomic E-state index is -4.71. The van der Waals surface area contributed by atoms with E-state index in [-0.39, 0.29) is 31.1 Å². The topological polar surface area (TPSA) is 102 Å². The molecule has 0 aliphatic carbocycles. The average Bonchev–Trinajstić information content (AvgIpc) is 2.67. The van der Waals surface area contributed by atoms with E-state index < -0.39 is 30.5 Å². The predicted molar refractivity (Wildman–Crippen MR) is 92.6 cm³/mol. The molecule has 10 heteroatoms. The molecule has 1 aromatic heterocycles. The van der Waals surface area contributed by atoms with Crippen LogP contribution in [0.4, 0.5) is 13.2 Å². The maximum atomic E-state index is 12.9. The maximum Gasteiger partial charge on any atom is 0.417 e. The lowest BCUT2D eigenvalue weighted by Gasteiger charge is -2.39. The highest BCUT2D eigenvalue weighted by atomic mass is 19.4. The molecule has 3 rings (SSSR count). The molecule has 0 unspecified atom stereocenters. The highest BCUT2D eigenvalue weighted by Gasteiger charge is 2.54. The quantitative estimate of drug-likeness (QED) is 0.822. The second-order valence-electron chi connectivity index (χ2n) is 6.50. The smallest absolute Gasteiger partial charge is 0.417 e. The molecule has 0 spiro atoms. The lowest BCUT2D eigenvalue weighted by atomic mass is 9.90. The largest absolute Gasteiger partial charge is 0.439 e. The second kappa shape index (κ2) is 7.72. The van der Waals surface area contributed by atoms with Crippen LogP contribution in [0.15, 0.2) is 36.7 Å². The average molecular weight is 396 g/mol. The van der Waals surface area contributed by atoms with Gasteiger partial charge in [0.25, 0.3) is 5.91 Å². The molecule has 0 bridgehead atoms. The first-order valence-corrected chi connectivity index (χ1v) is 8.59. The van der Waals surface area contributed by atoms with Gasteiger partial charge in [-0.25, -0.2) is 9.97 Å². The highest BCUT2D eigenvalue weighted by Crippen LogP contribution is 2.38.